The molecule has 0 aromatic heterocycles. The molecule has 0 heterocycles. The van der Waals surface area contributed by atoms with Crippen LogP contribution in [0.15, 0.2) is 54.6 Å². The van der Waals surface area contributed by atoms with Crippen molar-refractivity contribution in [1.29, 1.82) is 0 Å². The number of hydrogen-bond acceptors (Lipinski definition) is 4. The van der Waals surface area contributed by atoms with Gasteiger partial charge >= 0.3 is 0 Å². The van der Waals surface area contributed by atoms with Gasteiger partial charge in [0.15, 0.2) is 0 Å². The number of hydrogen-bond donors (Lipinski definition) is 1. The SMILES string of the molecule is COc1cccc(CN(CC(O)COc2ccccc2)C2CC2)c1. The monoisotopic (exact) mass is 327 g/mol. The molecule has 1 aliphatic rings. The molecule has 24 heavy (non-hydrogen) atoms. The third-order valence-corrected chi connectivity index (χ3v) is 4.21. The van der Waals surface area contributed by atoms with Crippen LogP contribution in [0.1, 0.15) is 18.4 Å². The van der Waals surface area contributed by atoms with E-state index in [0.29, 0.717) is 19.2 Å². The third kappa shape index (κ3) is 4.98. The molecule has 1 saturated carbocycles. The zero-order chi connectivity index (χ0) is 16.8. The Morgan fingerprint density at radius 2 is 1.83 bits per heavy atom. The van der Waals surface area contributed by atoms with Gasteiger partial charge in [0.1, 0.15) is 24.2 Å². The van der Waals surface area contributed by atoms with Crippen molar-refractivity contribution in [3.8, 4) is 11.5 Å². The zero-order valence-electron chi connectivity index (χ0n) is 14.1. The fourth-order valence-electron chi connectivity index (χ4n) is 2.82. The second-order valence-electron chi connectivity index (χ2n) is 6.29. The molecule has 0 aliphatic heterocycles. The maximum atomic E-state index is 10.3. The summed E-state index contributed by atoms with van der Waals surface area (Å²) in [5.41, 5.74) is 1.21. The largest absolute Gasteiger partial charge is 0.497 e. The van der Waals surface area contributed by atoms with Crippen molar-refractivity contribution in [2.24, 2.45) is 0 Å². The highest BCUT2D eigenvalue weighted by Crippen LogP contribution is 2.29. The molecule has 2 aromatic carbocycles. The molecule has 0 bridgehead atoms. The molecule has 1 N–H and O–H groups in total. The van der Waals surface area contributed by atoms with Crippen molar-refractivity contribution < 1.29 is 14.6 Å². The predicted molar refractivity (Wildman–Crippen MR) is 94.4 cm³/mol. The summed E-state index contributed by atoms with van der Waals surface area (Å²) in [6, 6.07) is 18.3. The minimum Gasteiger partial charge on any atom is -0.497 e. The first kappa shape index (κ1) is 16.8. The van der Waals surface area contributed by atoms with E-state index in [4.69, 9.17) is 9.47 Å². The van der Waals surface area contributed by atoms with Gasteiger partial charge in [0.2, 0.25) is 0 Å². The van der Waals surface area contributed by atoms with Crippen molar-refractivity contribution >= 4 is 0 Å². The molecule has 0 amide bonds. The van der Waals surface area contributed by atoms with Crippen LogP contribution in [0.4, 0.5) is 0 Å². The van der Waals surface area contributed by atoms with Crippen LogP contribution in [-0.4, -0.2) is 42.4 Å². The topological polar surface area (TPSA) is 41.9 Å². The first-order valence-corrected chi connectivity index (χ1v) is 8.47. The molecular weight excluding hydrogens is 302 g/mol. The van der Waals surface area contributed by atoms with Gasteiger partial charge in [-0.25, -0.2) is 0 Å². The average molecular weight is 327 g/mol. The van der Waals surface area contributed by atoms with Crippen LogP contribution in [0.25, 0.3) is 0 Å². The quantitative estimate of drug-likeness (QED) is 0.768. The first-order valence-electron chi connectivity index (χ1n) is 8.47. The maximum absolute atomic E-state index is 10.3. The molecule has 1 fully saturated rings. The second kappa shape index (κ2) is 8.18. The van der Waals surface area contributed by atoms with Crippen molar-refractivity contribution in [2.75, 3.05) is 20.3 Å². The molecule has 1 unspecified atom stereocenters. The van der Waals surface area contributed by atoms with Crippen LogP contribution in [-0.2, 0) is 6.54 Å². The van der Waals surface area contributed by atoms with Gasteiger partial charge in [-0.15, -0.1) is 0 Å². The van der Waals surface area contributed by atoms with E-state index >= 15 is 0 Å². The summed E-state index contributed by atoms with van der Waals surface area (Å²) < 4.78 is 11.0. The molecule has 0 saturated heterocycles. The van der Waals surface area contributed by atoms with Gasteiger partial charge in [-0.3, -0.25) is 4.90 Å². The van der Waals surface area contributed by atoms with E-state index in [9.17, 15) is 5.11 Å². The van der Waals surface area contributed by atoms with Gasteiger partial charge in [-0.05, 0) is 42.7 Å². The molecule has 3 rings (SSSR count). The summed E-state index contributed by atoms with van der Waals surface area (Å²) >= 11 is 0. The Morgan fingerprint density at radius 1 is 1.08 bits per heavy atom. The summed E-state index contributed by atoms with van der Waals surface area (Å²) in [5.74, 6) is 1.67. The lowest BCUT2D eigenvalue weighted by Gasteiger charge is -2.25. The Kier molecular flexibility index (Phi) is 5.72. The fourth-order valence-corrected chi connectivity index (χ4v) is 2.82. The van der Waals surface area contributed by atoms with E-state index in [1.54, 1.807) is 7.11 Å². The number of aliphatic hydroxyl groups is 1. The number of aliphatic hydroxyl groups excluding tert-OH is 1. The number of rotatable bonds is 9. The maximum Gasteiger partial charge on any atom is 0.119 e. The van der Waals surface area contributed by atoms with Crippen molar-refractivity contribution in [3.05, 3.63) is 60.2 Å². The van der Waals surface area contributed by atoms with E-state index in [0.717, 1.165) is 18.0 Å². The summed E-state index contributed by atoms with van der Waals surface area (Å²) in [6.45, 7) is 1.75. The summed E-state index contributed by atoms with van der Waals surface area (Å²) in [6.07, 6.45) is 1.91. The van der Waals surface area contributed by atoms with E-state index in [1.165, 1.54) is 18.4 Å². The van der Waals surface area contributed by atoms with Crippen LogP contribution in [0.3, 0.4) is 0 Å². The van der Waals surface area contributed by atoms with E-state index in [-0.39, 0.29) is 0 Å². The van der Waals surface area contributed by atoms with Crippen molar-refractivity contribution in [2.45, 2.75) is 31.5 Å². The second-order valence-corrected chi connectivity index (χ2v) is 6.29. The number of benzene rings is 2. The molecule has 2 aromatic rings. The number of nitrogens with zero attached hydrogens (tertiary/aromatic N) is 1. The zero-order valence-corrected chi connectivity index (χ0v) is 14.1. The molecule has 1 atom stereocenters. The standard InChI is InChI=1S/C20H25NO3/c1-23-20-9-5-6-16(12-20)13-21(17-10-11-17)14-18(22)15-24-19-7-3-2-4-8-19/h2-9,12,17-18,22H,10-11,13-15H2,1H3. The van der Waals surface area contributed by atoms with Crippen LogP contribution in [0, 0.1) is 0 Å². The molecule has 0 spiro atoms. The van der Waals surface area contributed by atoms with Gasteiger partial charge < -0.3 is 14.6 Å². The van der Waals surface area contributed by atoms with Gasteiger partial charge in [-0.2, -0.15) is 0 Å². The predicted octanol–water partition coefficient (Wildman–Crippen LogP) is 3.10. The summed E-state index contributed by atoms with van der Waals surface area (Å²) in [7, 11) is 1.68. The number of para-hydroxylation sites is 1. The Balaban J connectivity index is 1.53. The first-order chi connectivity index (χ1) is 11.7. The van der Waals surface area contributed by atoms with Crippen LogP contribution >= 0.6 is 0 Å². The van der Waals surface area contributed by atoms with E-state index in [2.05, 4.69) is 17.0 Å². The third-order valence-electron chi connectivity index (χ3n) is 4.21. The summed E-state index contributed by atoms with van der Waals surface area (Å²) in [5, 5.41) is 10.3. The van der Waals surface area contributed by atoms with E-state index in [1.807, 2.05) is 42.5 Å². The lowest BCUT2D eigenvalue weighted by molar-refractivity contribution is 0.0626. The minimum absolute atomic E-state index is 0.311. The lowest BCUT2D eigenvalue weighted by atomic mass is 10.2. The van der Waals surface area contributed by atoms with Crippen molar-refractivity contribution in [3.63, 3.8) is 0 Å². The fraction of sp³-hybridized carbons (Fsp3) is 0.400. The van der Waals surface area contributed by atoms with Crippen LogP contribution in [0.5, 0.6) is 11.5 Å². The molecule has 4 heteroatoms. The number of methoxy groups -OCH3 is 1. The minimum atomic E-state index is -0.503. The molecular formula is C20H25NO3. The normalized spacial score (nSPS) is 15.3. The molecule has 128 valence electrons. The Morgan fingerprint density at radius 3 is 2.54 bits per heavy atom. The van der Waals surface area contributed by atoms with Gasteiger partial charge in [0.05, 0.1) is 7.11 Å². The van der Waals surface area contributed by atoms with Crippen LogP contribution < -0.4 is 9.47 Å². The van der Waals surface area contributed by atoms with E-state index < -0.39 is 6.10 Å². The van der Waals surface area contributed by atoms with Crippen molar-refractivity contribution in [1.82, 2.24) is 4.90 Å². The lowest BCUT2D eigenvalue weighted by Crippen LogP contribution is -2.36. The molecule has 4 nitrogen and oxygen atoms in total. The average Bonchev–Trinajstić information content (AvgIpc) is 3.46. The Hall–Kier alpha value is -2.04. The Labute approximate surface area is 143 Å². The molecule has 1 aliphatic carbocycles. The highest BCUT2D eigenvalue weighted by atomic mass is 16.5. The summed E-state index contributed by atoms with van der Waals surface area (Å²) in [4.78, 5) is 2.34. The number of ether oxygens (including phenoxy) is 2. The highest BCUT2D eigenvalue weighted by molar-refractivity contribution is 5.28. The van der Waals surface area contributed by atoms with Crippen LogP contribution in [0.2, 0.25) is 0 Å². The van der Waals surface area contributed by atoms with Gasteiger partial charge in [0.25, 0.3) is 0 Å². The van der Waals surface area contributed by atoms with Gasteiger partial charge in [-0.1, -0.05) is 30.3 Å². The highest BCUT2D eigenvalue weighted by Gasteiger charge is 2.30. The van der Waals surface area contributed by atoms with Gasteiger partial charge in [0, 0.05) is 19.1 Å². The smallest absolute Gasteiger partial charge is 0.119 e. The molecule has 0 radical (unpaired) electrons. The Bertz CT molecular complexity index is 628.